The fraction of sp³-hybridized carbons (Fsp3) is 0.375. The molecule has 0 saturated heterocycles. The molecule has 0 bridgehead atoms. The summed E-state index contributed by atoms with van der Waals surface area (Å²) in [5, 5.41) is 16.1. The van der Waals surface area contributed by atoms with Gasteiger partial charge in [-0.05, 0) is 67.7 Å². The Hall–Kier alpha value is -2.75. The van der Waals surface area contributed by atoms with Gasteiger partial charge in [0.25, 0.3) is 10.2 Å². The molecule has 0 amide bonds. The molecule has 5 rings (SSSR count). The summed E-state index contributed by atoms with van der Waals surface area (Å²) in [6.45, 7) is 0. The summed E-state index contributed by atoms with van der Waals surface area (Å²) in [6, 6.07) is 12.1. The zero-order valence-electron chi connectivity index (χ0n) is 18.1. The fourth-order valence-electron chi connectivity index (χ4n) is 5.48. The maximum absolute atomic E-state index is 14.7. The van der Waals surface area contributed by atoms with Crippen LogP contribution in [0.4, 0.5) is 10.1 Å². The minimum absolute atomic E-state index is 0.160. The molecule has 2 aromatic carbocycles. The minimum Gasteiger partial charge on any atom is -0.393 e. The lowest BCUT2D eigenvalue weighted by Crippen LogP contribution is -2.28. The number of nitrogens with zero attached hydrogens (tertiary/aromatic N) is 2. The second-order valence-corrected chi connectivity index (χ2v) is 10.4. The molecule has 2 atom stereocenters. The number of fused-ring (bicyclic) bond motifs is 3. The Bertz CT molecular complexity index is 1250. The molecule has 2 heterocycles. The van der Waals surface area contributed by atoms with Crippen molar-refractivity contribution in [2.75, 3.05) is 4.72 Å². The highest BCUT2D eigenvalue weighted by Crippen LogP contribution is 2.45. The Morgan fingerprint density at radius 3 is 2.58 bits per heavy atom. The number of nitrogens with one attached hydrogen (secondary N) is 1. The highest BCUT2D eigenvalue weighted by atomic mass is 32.2. The minimum atomic E-state index is -3.78. The fourth-order valence-corrected chi connectivity index (χ4v) is 5.94. The van der Waals surface area contributed by atoms with Gasteiger partial charge in [0.15, 0.2) is 0 Å². The first-order valence-corrected chi connectivity index (χ1v) is 12.7. The van der Waals surface area contributed by atoms with E-state index in [1.807, 2.05) is 22.8 Å². The van der Waals surface area contributed by atoms with Crippen LogP contribution in [0.2, 0.25) is 0 Å². The maximum Gasteiger partial charge on any atom is 0.296 e. The van der Waals surface area contributed by atoms with Crippen LogP contribution in [0, 0.1) is 11.7 Å². The molecule has 9 heteroatoms. The largest absolute Gasteiger partial charge is 0.393 e. The van der Waals surface area contributed by atoms with Gasteiger partial charge in [-0.1, -0.05) is 24.3 Å². The van der Waals surface area contributed by atoms with Crippen molar-refractivity contribution in [2.24, 2.45) is 11.1 Å². The van der Waals surface area contributed by atoms with Crippen molar-refractivity contribution in [1.82, 2.24) is 9.55 Å². The number of aliphatic hydroxyl groups excluding tert-OH is 1. The SMILES string of the molecule is NS(=O)(=O)Nc1ccc(C2CCC(C(O)CC3c4c(F)cccc4-c4cncn43)CC2)cc1. The summed E-state index contributed by atoms with van der Waals surface area (Å²) in [4.78, 5) is 4.23. The molecule has 0 radical (unpaired) electrons. The number of nitrogens with two attached hydrogens (primary N) is 1. The van der Waals surface area contributed by atoms with Crippen LogP contribution in [0.5, 0.6) is 0 Å². The van der Waals surface area contributed by atoms with Gasteiger partial charge in [-0.3, -0.25) is 4.72 Å². The van der Waals surface area contributed by atoms with E-state index in [0.29, 0.717) is 23.6 Å². The van der Waals surface area contributed by atoms with Gasteiger partial charge in [-0.25, -0.2) is 14.5 Å². The first kappa shape index (κ1) is 22.1. The Labute approximate surface area is 192 Å². The summed E-state index contributed by atoms with van der Waals surface area (Å²) in [7, 11) is -3.78. The third-order valence-electron chi connectivity index (χ3n) is 7.09. The van der Waals surface area contributed by atoms with E-state index in [-0.39, 0.29) is 17.8 Å². The monoisotopic (exact) mass is 470 g/mol. The second kappa shape index (κ2) is 8.55. The van der Waals surface area contributed by atoms with Crippen LogP contribution in [-0.2, 0) is 10.2 Å². The van der Waals surface area contributed by atoms with Crippen LogP contribution in [0.25, 0.3) is 11.3 Å². The van der Waals surface area contributed by atoms with E-state index >= 15 is 0 Å². The first-order valence-electron chi connectivity index (χ1n) is 11.2. The molecular weight excluding hydrogens is 443 g/mol. The highest BCUT2D eigenvalue weighted by molar-refractivity contribution is 7.90. The van der Waals surface area contributed by atoms with Gasteiger partial charge < -0.3 is 9.67 Å². The molecular formula is C24H27FN4O3S. The molecule has 174 valence electrons. The van der Waals surface area contributed by atoms with Crippen molar-refractivity contribution in [3.8, 4) is 11.3 Å². The second-order valence-electron chi connectivity index (χ2n) is 9.09. The molecule has 2 unspecified atom stereocenters. The normalized spacial score (nSPS) is 23.1. The zero-order valence-corrected chi connectivity index (χ0v) is 18.9. The van der Waals surface area contributed by atoms with Gasteiger partial charge in [-0.2, -0.15) is 8.42 Å². The molecule has 0 spiro atoms. The quantitative estimate of drug-likeness (QED) is 0.507. The number of anilines is 1. The van der Waals surface area contributed by atoms with E-state index in [2.05, 4.69) is 9.71 Å². The van der Waals surface area contributed by atoms with Gasteiger partial charge in [0.2, 0.25) is 0 Å². The summed E-state index contributed by atoms with van der Waals surface area (Å²) < 4.78 is 41.2. The van der Waals surface area contributed by atoms with E-state index in [1.54, 1.807) is 30.7 Å². The number of hydrogen-bond donors (Lipinski definition) is 3. The lowest BCUT2D eigenvalue weighted by Gasteiger charge is -2.33. The Kier molecular flexibility index (Phi) is 5.72. The number of aromatic nitrogens is 2. The van der Waals surface area contributed by atoms with Gasteiger partial charge in [0.1, 0.15) is 5.82 Å². The molecule has 1 fully saturated rings. The number of halogens is 1. The third kappa shape index (κ3) is 4.40. The number of aliphatic hydroxyl groups is 1. The van der Waals surface area contributed by atoms with E-state index in [0.717, 1.165) is 42.5 Å². The van der Waals surface area contributed by atoms with Crippen LogP contribution in [0.1, 0.15) is 55.2 Å². The molecule has 4 N–H and O–H groups in total. The number of rotatable bonds is 6. The molecule has 1 saturated carbocycles. The topological polar surface area (TPSA) is 110 Å². The molecule has 1 aliphatic carbocycles. The van der Waals surface area contributed by atoms with Gasteiger partial charge in [0, 0.05) is 16.8 Å². The van der Waals surface area contributed by atoms with Gasteiger partial charge >= 0.3 is 0 Å². The van der Waals surface area contributed by atoms with Crippen LogP contribution in [0.3, 0.4) is 0 Å². The maximum atomic E-state index is 14.7. The van der Waals surface area contributed by atoms with Gasteiger partial charge in [0.05, 0.1) is 30.4 Å². The lowest BCUT2D eigenvalue weighted by atomic mass is 9.75. The summed E-state index contributed by atoms with van der Waals surface area (Å²) in [5.74, 6) is 0.284. The third-order valence-corrected chi connectivity index (χ3v) is 7.61. The summed E-state index contributed by atoms with van der Waals surface area (Å²) >= 11 is 0. The number of hydrogen-bond acceptors (Lipinski definition) is 4. The zero-order chi connectivity index (χ0) is 23.2. The molecule has 2 aliphatic rings. The van der Waals surface area contributed by atoms with Crippen molar-refractivity contribution in [2.45, 2.75) is 50.2 Å². The van der Waals surface area contributed by atoms with Crippen molar-refractivity contribution in [3.63, 3.8) is 0 Å². The van der Waals surface area contributed by atoms with E-state index in [9.17, 15) is 17.9 Å². The smallest absolute Gasteiger partial charge is 0.296 e. The van der Waals surface area contributed by atoms with E-state index in [4.69, 9.17) is 5.14 Å². The van der Waals surface area contributed by atoms with Crippen LogP contribution < -0.4 is 9.86 Å². The molecule has 3 aromatic rings. The summed E-state index contributed by atoms with van der Waals surface area (Å²) in [6.07, 6.45) is 7.05. The van der Waals surface area contributed by atoms with Gasteiger partial charge in [-0.15, -0.1) is 0 Å². The Balaban J connectivity index is 1.23. The van der Waals surface area contributed by atoms with Crippen molar-refractivity contribution in [1.29, 1.82) is 0 Å². The van der Waals surface area contributed by atoms with Crippen LogP contribution in [-0.4, -0.2) is 29.2 Å². The predicted molar refractivity (Wildman–Crippen MR) is 124 cm³/mol. The van der Waals surface area contributed by atoms with E-state index < -0.39 is 16.3 Å². The number of imidazole rings is 1. The lowest BCUT2D eigenvalue weighted by molar-refractivity contribution is 0.0650. The Morgan fingerprint density at radius 1 is 1.15 bits per heavy atom. The Morgan fingerprint density at radius 2 is 1.88 bits per heavy atom. The number of benzene rings is 2. The molecule has 7 nitrogen and oxygen atoms in total. The van der Waals surface area contributed by atoms with E-state index in [1.165, 1.54) is 6.07 Å². The average molecular weight is 471 g/mol. The average Bonchev–Trinajstić information content (AvgIpc) is 3.37. The molecule has 33 heavy (non-hydrogen) atoms. The standard InChI is InChI=1S/C24H27FN4O3S/c25-20-3-1-2-19-22-13-27-14-29(22)21(24(19)20)12-23(30)17-6-4-15(5-7-17)16-8-10-18(11-9-16)28-33(26,31)32/h1-3,8-11,13-15,17,21,23,28,30H,4-7,12H2,(H2,26,31,32). The van der Waals surface area contributed by atoms with Crippen molar-refractivity contribution >= 4 is 15.9 Å². The predicted octanol–water partition coefficient (Wildman–Crippen LogP) is 3.93. The first-order chi connectivity index (χ1) is 15.8. The van der Waals surface area contributed by atoms with Crippen molar-refractivity contribution < 1.29 is 17.9 Å². The van der Waals surface area contributed by atoms with Crippen molar-refractivity contribution in [3.05, 3.63) is 71.9 Å². The molecule has 1 aromatic heterocycles. The van der Waals surface area contributed by atoms with Crippen LogP contribution in [0.15, 0.2) is 55.0 Å². The highest BCUT2D eigenvalue weighted by Gasteiger charge is 2.35. The van der Waals surface area contributed by atoms with Crippen LogP contribution >= 0.6 is 0 Å². The summed E-state index contributed by atoms with van der Waals surface area (Å²) in [5.41, 5.74) is 3.99. The molecule has 1 aliphatic heterocycles.